The van der Waals surface area contributed by atoms with Crippen LogP contribution >= 0.6 is 11.6 Å². The molecule has 2 rings (SSSR count). The van der Waals surface area contributed by atoms with Gasteiger partial charge in [-0.15, -0.1) is 0 Å². The Hall–Kier alpha value is -1.85. The number of carbonyl (C=O) groups excluding carboxylic acids is 2. The molecule has 2 N–H and O–H groups in total. The molecule has 0 aliphatic carbocycles. The van der Waals surface area contributed by atoms with E-state index in [0.29, 0.717) is 10.7 Å². The van der Waals surface area contributed by atoms with Crippen LogP contribution in [-0.4, -0.2) is 48.0 Å². The second-order valence-electron chi connectivity index (χ2n) is 5.74. The van der Waals surface area contributed by atoms with Crippen molar-refractivity contribution in [2.45, 2.75) is 36.4 Å². The Bertz CT molecular complexity index is 855. The van der Waals surface area contributed by atoms with E-state index in [9.17, 15) is 36.3 Å². The fraction of sp³-hybridized carbons (Fsp3) is 0.429. The zero-order chi connectivity index (χ0) is 19.9. The van der Waals surface area contributed by atoms with E-state index in [4.69, 9.17) is 11.6 Å². The second-order valence-corrected chi connectivity index (χ2v) is 8.01. The molecule has 0 saturated carbocycles. The summed E-state index contributed by atoms with van der Waals surface area (Å²) in [6.07, 6.45) is -4.75. The molecular weight excluding hydrogens is 401 g/mol. The van der Waals surface area contributed by atoms with Gasteiger partial charge in [-0.1, -0.05) is 11.6 Å². The molecule has 0 unspecified atom stereocenters. The molecule has 26 heavy (non-hydrogen) atoms. The molecule has 1 heterocycles. The Morgan fingerprint density at radius 1 is 1.35 bits per heavy atom. The number of alkyl halides is 3. The molecule has 1 aromatic carbocycles. The summed E-state index contributed by atoms with van der Waals surface area (Å²) in [6.45, 7) is 0.291. The molecule has 144 valence electrons. The van der Waals surface area contributed by atoms with Crippen molar-refractivity contribution in [3.8, 4) is 0 Å². The van der Waals surface area contributed by atoms with Crippen LogP contribution in [0.5, 0.6) is 0 Å². The van der Waals surface area contributed by atoms with Gasteiger partial charge in [0.2, 0.25) is 11.5 Å². The highest BCUT2D eigenvalue weighted by Crippen LogP contribution is 2.33. The van der Waals surface area contributed by atoms with Crippen molar-refractivity contribution in [2.24, 2.45) is 0 Å². The molecule has 0 spiro atoms. The molecule has 0 bridgehead atoms. The third kappa shape index (κ3) is 3.64. The monoisotopic (exact) mass is 414 g/mol. The summed E-state index contributed by atoms with van der Waals surface area (Å²) in [5, 5.41) is 10.7. The summed E-state index contributed by atoms with van der Waals surface area (Å²) in [5.41, 5.74) is -3.99. The average molecular weight is 415 g/mol. The maximum atomic E-state index is 12.7. The van der Waals surface area contributed by atoms with Crippen molar-refractivity contribution >= 4 is 39.1 Å². The van der Waals surface area contributed by atoms with Crippen LogP contribution < -0.4 is 5.32 Å². The molecule has 1 aliphatic heterocycles. The van der Waals surface area contributed by atoms with Crippen molar-refractivity contribution in [2.75, 3.05) is 11.9 Å². The van der Waals surface area contributed by atoms with Gasteiger partial charge in [-0.05, 0) is 31.5 Å². The highest BCUT2D eigenvalue weighted by Gasteiger charge is 2.55. The first-order valence-corrected chi connectivity index (χ1v) is 9.06. The fourth-order valence-corrected chi connectivity index (χ4v) is 3.92. The zero-order valence-electron chi connectivity index (χ0n) is 13.3. The van der Waals surface area contributed by atoms with Crippen molar-refractivity contribution in [1.29, 1.82) is 0 Å². The van der Waals surface area contributed by atoms with Crippen LogP contribution in [-0.2, 0) is 19.6 Å². The van der Waals surface area contributed by atoms with E-state index in [-0.39, 0.29) is 35.5 Å². The summed E-state index contributed by atoms with van der Waals surface area (Å²) in [5.74, 6) is -2.35. The van der Waals surface area contributed by atoms with Crippen molar-refractivity contribution < 1.29 is 36.3 Å². The number of anilines is 1. The lowest BCUT2D eigenvalue weighted by Gasteiger charge is -2.25. The molecule has 1 aliphatic rings. The van der Waals surface area contributed by atoms with E-state index in [0.717, 1.165) is 18.2 Å². The lowest BCUT2D eigenvalue weighted by molar-refractivity contribution is -0.242. The van der Waals surface area contributed by atoms with Gasteiger partial charge in [-0.25, -0.2) is 12.7 Å². The van der Waals surface area contributed by atoms with Gasteiger partial charge in [-0.2, -0.15) is 13.2 Å². The van der Waals surface area contributed by atoms with E-state index in [1.165, 1.54) is 0 Å². The molecule has 2 amide bonds. The Balaban J connectivity index is 2.28. The van der Waals surface area contributed by atoms with Gasteiger partial charge in [0, 0.05) is 13.0 Å². The maximum absolute atomic E-state index is 12.7. The number of aliphatic hydroxyl groups is 1. The molecule has 1 aromatic rings. The average Bonchev–Trinajstić information content (AvgIpc) is 2.94. The summed E-state index contributed by atoms with van der Waals surface area (Å²) >= 11 is 5.84. The van der Waals surface area contributed by atoms with Crippen LogP contribution in [0.1, 0.15) is 19.8 Å². The van der Waals surface area contributed by atoms with Gasteiger partial charge in [0.15, 0.2) is 0 Å². The number of rotatable bonds is 4. The maximum Gasteiger partial charge on any atom is 0.426 e. The molecule has 12 heteroatoms. The van der Waals surface area contributed by atoms with E-state index >= 15 is 0 Å². The zero-order valence-corrected chi connectivity index (χ0v) is 14.9. The Labute approximate surface area is 151 Å². The highest BCUT2D eigenvalue weighted by molar-refractivity contribution is 7.89. The minimum Gasteiger partial charge on any atom is -0.373 e. The number of halogens is 4. The minimum atomic E-state index is -5.22. The minimum absolute atomic E-state index is 0.0196. The van der Waals surface area contributed by atoms with Crippen LogP contribution in [0, 0.1) is 0 Å². The first kappa shape index (κ1) is 20.5. The molecule has 1 atom stereocenters. The van der Waals surface area contributed by atoms with Gasteiger partial charge in [0.25, 0.3) is 15.9 Å². The number of hydrogen-bond acceptors (Lipinski definition) is 5. The smallest absolute Gasteiger partial charge is 0.373 e. The van der Waals surface area contributed by atoms with Gasteiger partial charge in [-0.3, -0.25) is 9.59 Å². The summed E-state index contributed by atoms with van der Waals surface area (Å²) < 4.78 is 63.4. The third-order valence-corrected chi connectivity index (χ3v) is 5.93. The van der Waals surface area contributed by atoms with Gasteiger partial charge >= 0.3 is 6.18 Å². The van der Waals surface area contributed by atoms with Gasteiger partial charge in [0.05, 0.1) is 15.6 Å². The van der Waals surface area contributed by atoms with E-state index < -0.39 is 33.6 Å². The number of sulfonamides is 1. The van der Waals surface area contributed by atoms with Crippen LogP contribution in [0.4, 0.5) is 18.9 Å². The predicted molar refractivity (Wildman–Crippen MR) is 84.9 cm³/mol. The molecule has 0 radical (unpaired) electrons. The number of nitrogens with zero attached hydrogens (tertiary/aromatic N) is 1. The van der Waals surface area contributed by atoms with Gasteiger partial charge in [0.1, 0.15) is 0 Å². The fourth-order valence-electron chi connectivity index (χ4n) is 2.14. The molecule has 7 nitrogen and oxygen atoms in total. The molecule has 0 aromatic heterocycles. The quantitative estimate of drug-likeness (QED) is 0.783. The number of hydrogen-bond donors (Lipinski definition) is 2. The van der Waals surface area contributed by atoms with Gasteiger partial charge < -0.3 is 10.4 Å². The van der Waals surface area contributed by atoms with Crippen molar-refractivity contribution in [1.82, 2.24) is 4.31 Å². The van der Waals surface area contributed by atoms with Crippen LogP contribution in [0.3, 0.4) is 0 Å². The first-order valence-electron chi connectivity index (χ1n) is 7.24. The van der Waals surface area contributed by atoms with Crippen LogP contribution in [0.2, 0.25) is 5.02 Å². The summed E-state index contributed by atoms with van der Waals surface area (Å²) in [7, 11) is -4.15. The lowest BCUT2D eigenvalue weighted by Crippen LogP contribution is -2.52. The van der Waals surface area contributed by atoms with Crippen LogP contribution in [0.25, 0.3) is 0 Å². The van der Waals surface area contributed by atoms with Crippen LogP contribution in [0.15, 0.2) is 23.1 Å². The second kappa shape index (κ2) is 6.71. The SMILES string of the molecule is C[C@@](O)(C(=O)Nc1ccc(S(=O)(=O)N2CCCC2=O)cc1Cl)C(F)(F)F. The first-order chi connectivity index (χ1) is 11.8. The lowest BCUT2D eigenvalue weighted by atomic mass is 10.1. The molecule has 1 saturated heterocycles. The third-order valence-electron chi connectivity index (χ3n) is 3.80. The molecular formula is C14H14ClF3N2O5S. The number of nitrogens with one attached hydrogen (secondary N) is 1. The van der Waals surface area contributed by atoms with Crippen molar-refractivity contribution in [3.63, 3.8) is 0 Å². The van der Waals surface area contributed by atoms with Crippen molar-refractivity contribution in [3.05, 3.63) is 23.2 Å². The summed E-state index contributed by atoms with van der Waals surface area (Å²) in [4.78, 5) is 22.9. The number of carbonyl (C=O) groups is 2. The Morgan fingerprint density at radius 3 is 2.42 bits per heavy atom. The number of amides is 2. The predicted octanol–water partition coefficient (Wildman–Crippen LogP) is 1.90. The van der Waals surface area contributed by atoms with E-state index in [1.807, 2.05) is 0 Å². The molecule has 1 fully saturated rings. The number of benzene rings is 1. The van der Waals surface area contributed by atoms with E-state index in [2.05, 4.69) is 0 Å². The largest absolute Gasteiger partial charge is 0.426 e. The summed E-state index contributed by atoms with van der Waals surface area (Å²) in [6, 6.07) is 2.87. The normalized spacial score (nSPS) is 17.9. The standard InChI is InChI=1S/C14H14ClF3N2O5S/c1-13(23,14(16,17)18)12(22)19-10-5-4-8(7-9(10)15)26(24,25)20-6-2-3-11(20)21/h4-5,7,23H,2-3,6H2,1H3,(H,19,22)/t13-/m1/s1. The topological polar surface area (TPSA) is 104 Å². The highest BCUT2D eigenvalue weighted by atomic mass is 35.5. The Kier molecular flexibility index (Phi) is 5.28. The van der Waals surface area contributed by atoms with E-state index in [1.54, 1.807) is 5.32 Å². The Morgan fingerprint density at radius 2 is 1.96 bits per heavy atom.